The lowest BCUT2D eigenvalue weighted by molar-refractivity contribution is 0.398. The summed E-state index contributed by atoms with van der Waals surface area (Å²) in [5.41, 5.74) is 18.0. The Kier molecular flexibility index (Phi) is 9.36. The minimum absolute atomic E-state index is 0.0290. The number of hydrazone groups is 2. The third-order valence-electron chi connectivity index (χ3n) is 7.73. The van der Waals surface area contributed by atoms with E-state index >= 15 is 0 Å². The van der Waals surface area contributed by atoms with Crippen LogP contribution in [0.25, 0.3) is 32.7 Å². The first-order valence-corrected chi connectivity index (χ1v) is 15.0. The van der Waals surface area contributed by atoms with Crippen molar-refractivity contribution in [1.29, 1.82) is 0 Å². The normalized spacial score (nSPS) is 11.9. The molecule has 0 heterocycles. The minimum Gasteiger partial charge on any atom is -0.507 e. The van der Waals surface area contributed by atoms with Crippen LogP contribution in [0.5, 0.6) is 34.5 Å². The topological polar surface area (TPSA) is 222 Å². The standard InChI is InChI=1S/C32H36N6O6S2/c1-11(2)19-15-7-13(5)21(27(41)23(15)17(25(39)29(19)43)9-35-37-31(33)45)22-14(6)8-16-20(12(3)4)30(44)26(40)18(24(16)28(22)42)10-36-38-32(34)46/h7-12,39-44H,1-6H3,(H3,33,37,45)(H3,34,38,46)/b35-9-,36-10-. The summed E-state index contributed by atoms with van der Waals surface area (Å²) in [6.45, 7) is 10.8. The molecule has 0 aromatic heterocycles. The van der Waals surface area contributed by atoms with Gasteiger partial charge in [0.25, 0.3) is 0 Å². The fraction of sp³-hybridized carbons (Fsp3) is 0.250. The fourth-order valence-electron chi connectivity index (χ4n) is 5.94. The highest BCUT2D eigenvalue weighted by Gasteiger charge is 2.29. The van der Waals surface area contributed by atoms with Gasteiger partial charge in [0.2, 0.25) is 0 Å². The number of nitrogens with one attached hydrogen (secondary N) is 2. The molecule has 0 spiro atoms. The third-order valence-corrected chi connectivity index (χ3v) is 7.91. The zero-order chi connectivity index (χ0) is 34.4. The number of rotatable bonds is 7. The van der Waals surface area contributed by atoms with Crippen molar-refractivity contribution in [1.82, 2.24) is 10.9 Å². The lowest BCUT2D eigenvalue weighted by atomic mass is 9.83. The highest BCUT2D eigenvalue weighted by molar-refractivity contribution is 7.80. The van der Waals surface area contributed by atoms with Crippen LogP contribution in [-0.4, -0.2) is 53.3 Å². The Morgan fingerprint density at radius 1 is 0.630 bits per heavy atom. The van der Waals surface area contributed by atoms with Crippen LogP contribution < -0.4 is 22.3 Å². The number of aryl methyl sites for hydroxylation is 2. The van der Waals surface area contributed by atoms with Crippen molar-refractivity contribution in [3.05, 3.63) is 45.5 Å². The monoisotopic (exact) mass is 664 g/mol. The molecule has 0 radical (unpaired) electrons. The molecule has 12 N–H and O–H groups in total. The second-order valence-electron chi connectivity index (χ2n) is 11.5. The van der Waals surface area contributed by atoms with Gasteiger partial charge in [-0.25, -0.2) is 0 Å². The number of nitrogens with two attached hydrogens (primary N) is 2. The largest absolute Gasteiger partial charge is 0.507 e. The summed E-state index contributed by atoms with van der Waals surface area (Å²) in [5.74, 6) is -2.98. The van der Waals surface area contributed by atoms with Crippen molar-refractivity contribution >= 4 is 68.6 Å². The molecule has 0 saturated carbocycles. The van der Waals surface area contributed by atoms with Gasteiger partial charge in [-0.05, 0) is 72.0 Å². The Morgan fingerprint density at radius 3 is 1.24 bits per heavy atom. The Morgan fingerprint density at radius 2 is 0.957 bits per heavy atom. The molecule has 0 aliphatic carbocycles. The molecule has 0 unspecified atom stereocenters. The molecule has 242 valence electrons. The Hall–Kier alpha value is -5.08. The average molecular weight is 665 g/mol. The average Bonchev–Trinajstić information content (AvgIpc) is 2.94. The van der Waals surface area contributed by atoms with Gasteiger partial charge < -0.3 is 42.1 Å². The maximum absolute atomic E-state index is 12.0. The van der Waals surface area contributed by atoms with Gasteiger partial charge in [-0.2, -0.15) is 10.2 Å². The van der Waals surface area contributed by atoms with Crippen molar-refractivity contribution in [2.24, 2.45) is 21.7 Å². The maximum Gasteiger partial charge on any atom is 0.184 e. The number of benzene rings is 4. The number of thiocarbonyl (C=S) groups is 2. The molecule has 0 aliphatic heterocycles. The molecular formula is C32H36N6O6S2. The second-order valence-corrected chi connectivity index (χ2v) is 12.4. The molecule has 14 heteroatoms. The Labute approximate surface area is 275 Å². The van der Waals surface area contributed by atoms with Crippen LogP contribution in [0.2, 0.25) is 0 Å². The number of hydrogen-bond donors (Lipinski definition) is 10. The third kappa shape index (κ3) is 5.72. The van der Waals surface area contributed by atoms with Crippen LogP contribution in [0.3, 0.4) is 0 Å². The van der Waals surface area contributed by atoms with Crippen LogP contribution in [0.1, 0.15) is 72.9 Å². The molecule has 12 nitrogen and oxygen atoms in total. The molecule has 0 bridgehead atoms. The van der Waals surface area contributed by atoms with Crippen molar-refractivity contribution < 1.29 is 30.6 Å². The number of phenolic OH excluding ortho intramolecular Hbond substituents is 6. The SMILES string of the molecule is Cc1cc2c(C(C)C)c(O)c(O)c(/C=N\NC(N)=S)c2c(O)c1-c1c(C)cc2c(C(C)C)c(O)c(O)c(/C=N\NC(N)=S)c2c1O. The van der Waals surface area contributed by atoms with Crippen molar-refractivity contribution in [2.75, 3.05) is 0 Å². The lowest BCUT2D eigenvalue weighted by Gasteiger charge is -2.23. The van der Waals surface area contributed by atoms with E-state index in [1.807, 2.05) is 27.7 Å². The summed E-state index contributed by atoms with van der Waals surface area (Å²) < 4.78 is 0. The van der Waals surface area contributed by atoms with E-state index in [1.54, 1.807) is 26.0 Å². The molecule has 0 atom stereocenters. The first-order chi connectivity index (χ1) is 21.5. The summed E-state index contributed by atoms with van der Waals surface area (Å²) in [6, 6.07) is 3.48. The molecule has 4 aromatic carbocycles. The molecule has 0 amide bonds. The number of phenols is 6. The quantitative estimate of drug-likeness (QED) is 0.0540. The zero-order valence-corrected chi connectivity index (χ0v) is 27.6. The first-order valence-electron chi connectivity index (χ1n) is 14.2. The van der Waals surface area contributed by atoms with Crippen molar-refractivity contribution in [3.63, 3.8) is 0 Å². The first kappa shape index (κ1) is 33.8. The Balaban J connectivity index is 2.23. The molecule has 0 aliphatic rings. The van der Waals surface area contributed by atoms with Gasteiger partial charge in [0.1, 0.15) is 11.5 Å². The van der Waals surface area contributed by atoms with E-state index in [0.717, 1.165) is 0 Å². The predicted octanol–water partition coefficient (Wildman–Crippen LogP) is 5.09. The van der Waals surface area contributed by atoms with Gasteiger partial charge >= 0.3 is 0 Å². The van der Waals surface area contributed by atoms with Crippen LogP contribution in [-0.2, 0) is 0 Å². The maximum atomic E-state index is 12.0. The van der Waals surface area contributed by atoms with Gasteiger partial charge in [-0.1, -0.05) is 39.8 Å². The summed E-state index contributed by atoms with van der Waals surface area (Å²) >= 11 is 9.62. The lowest BCUT2D eigenvalue weighted by Crippen LogP contribution is -2.24. The van der Waals surface area contributed by atoms with Gasteiger partial charge in [-0.15, -0.1) is 0 Å². The summed E-state index contributed by atoms with van der Waals surface area (Å²) in [5, 5.41) is 77.1. The van der Waals surface area contributed by atoms with E-state index in [-0.39, 0.29) is 78.1 Å². The summed E-state index contributed by atoms with van der Waals surface area (Å²) in [4.78, 5) is 0. The summed E-state index contributed by atoms with van der Waals surface area (Å²) in [6.07, 6.45) is 2.34. The van der Waals surface area contributed by atoms with Gasteiger partial charge in [-0.3, -0.25) is 10.9 Å². The number of hydrogen-bond acceptors (Lipinski definition) is 10. The molecule has 0 fully saturated rings. The minimum atomic E-state index is -0.528. The van der Waals surface area contributed by atoms with Gasteiger partial charge in [0, 0.05) is 33.0 Å². The van der Waals surface area contributed by atoms with Crippen LogP contribution in [0, 0.1) is 13.8 Å². The smallest absolute Gasteiger partial charge is 0.184 e. The van der Waals surface area contributed by atoms with E-state index in [0.29, 0.717) is 33.0 Å². The molecule has 4 rings (SSSR count). The molecule has 46 heavy (non-hydrogen) atoms. The predicted molar refractivity (Wildman–Crippen MR) is 190 cm³/mol. The Bertz CT molecular complexity index is 1860. The van der Waals surface area contributed by atoms with E-state index in [1.165, 1.54) is 12.4 Å². The molecule has 4 aromatic rings. The van der Waals surface area contributed by atoms with Gasteiger partial charge in [0.05, 0.1) is 23.6 Å². The molecule has 0 saturated heterocycles. The highest BCUT2D eigenvalue weighted by atomic mass is 32.1. The van der Waals surface area contributed by atoms with Crippen LogP contribution in [0.15, 0.2) is 22.3 Å². The van der Waals surface area contributed by atoms with Crippen molar-refractivity contribution in [2.45, 2.75) is 53.4 Å². The second kappa shape index (κ2) is 12.7. The molecular weight excluding hydrogens is 629 g/mol. The zero-order valence-electron chi connectivity index (χ0n) is 26.0. The summed E-state index contributed by atoms with van der Waals surface area (Å²) in [7, 11) is 0. The van der Waals surface area contributed by atoms with E-state index in [2.05, 4.69) is 21.1 Å². The van der Waals surface area contributed by atoms with E-state index in [9.17, 15) is 30.6 Å². The van der Waals surface area contributed by atoms with Crippen LogP contribution >= 0.6 is 24.4 Å². The number of aromatic hydroxyl groups is 6. The highest BCUT2D eigenvalue weighted by Crippen LogP contribution is 2.54. The van der Waals surface area contributed by atoms with E-state index in [4.69, 9.17) is 35.9 Å². The number of fused-ring (bicyclic) bond motifs is 2. The van der Waals surface area contributed by atoms with E-state index < -0.39 is 11.5 Å². The van der Waals surface area contributed by atoms with Gasteiger partial charge in [0.15, 0.2) is 33.2 Å². The number of nitrogens with zero attached hydrogens (tertiary/aromatic N) is 2. The van der Waals surface area contributed by atoms with Crippen molar-refractivity contribution in [3.8, 4) is 45.6 Å². The fourth-order valence-corrected chi connectivity index (χ4v) is 6.05. The van der Waals surface area contributed by atoms with Crippen LogP contribution in [0.4, 0.5) is 0 Å².